The van der Waals surface area contributed by atoms with Crippen LogP contribution in [0.25, 0.3) is 0 Å². The van der Waals surface area contributed by atoms with E-state index in [0.717, 1.165) is 6.42 Å². The maximum atomic E-state index is 6.63. The second kappa shape index (κ2) is 6.07. The third kappa shape index (κ3) is 3.04. The van der Waals surface area contributed by atoms with Crippen molar-refractivity contribution in [3.8, 4) is 0 Å². The van der Waals surface area contributed by atoms with E-state index in [4.69, 9.17) is 16.3 Å². The highest BCUT2D eigenvalue weighted by molar-refractivity contribution is 6.20. The molecule has 1 aromatic rings. The van der Waals surface area contributed by atoms with Crippen molar-refractivity contribution >= 4 is 11.6 Å². The Bertz CT molecular complexity index is 424. The van der Waals surface area contributed by atoms with Crippen LogP contribution in [-0.2, 0) is 4.74 Å². The molecule has 3 atom stereocenters. The molecule has 1 nitrogen and oxygen atoms in total. The summed E-state index contributed by atoms with van der Waals surface area (Å²) in [5.74, 6) is 0.459. The summed E-state index contributed by atoms with van der Waals surface area (Å²) >= 11 is 6.63. The van der Waals surface area contributed by atoms with Gasteiger partial charge in [0.25, 0.3) is 0 Å². The van der Waals surface area contributed by atoms with Gasteiger partial charge >= 0.3 is 0 Å². The van der Waals surface area contributed by atoms with Gasteiger partial charge in [0.1, 0.15) is 0 Å². The van der Waals surface area contributed by atoms with Gasteiger partial charge in [0.15, 0.2) is 0 Å². The summed E-state index contributed by atoms with van der Waals surface area (Å²) in [7, 11) is 0. The highest BCUT2D eigenvalue weighted by Crippen LogP contribution is 2.45. The molecule has 1 aromatic carbocycles. The van der Waals surface area contributed by atoms with Gasteiger partial charge in [-0.15, -0.1) is 11.6 Å². The first-order chi connectivity index (χ1) is 9.69. The molecule has 0 aromatic heterocycles. The van der Waals surface area contributed by atoms with Gasteiger partial charge in [-0.3, -0.25) is 0 Å². The number of benzene rings is 1. The van der Waals surface area contributed by atoms with Crippen molar-refractivity contribution in [2.45, 2.75) is 69.0 Å². The molecule has 0 amide bonds. The normalized spacial score (nSPS) is 27.8. The van der Waals surface area contributed by atoms with Gasteiger partial charge in [-0.05, 0) is 43.6 Å². The Morgan fingerprint density at radius 2 is 1.90 bits per heavy atom. The predicted molar refractivity (Wildman–Crippen MR) is 84.1 cm³/mol. The highest BCUT2D eigenvalue weighted by Gasteiger charge is 2.42. The maximum Gasteiger partial charge on any atom is 0.0687 e. The number of halogens is 1. The summed E-state index contributed by atoms with van der Waals surface area (Å²) in [5, 5.41) is 0.0972. The molecular weight excluding hydrogens is 268 g/mol. The van der Waals surface area contributed by atoms with E-state index in [1.54, 1.807) is 0 Å². The molecule has 20 heavy (non-hydrogen) atoms. The number of alkyl halides is 1. The monoisotopic (exact) mass is 292 g/mol. The summed E-state index contributed by atoms with van der Waals surface area (Å²) in [5.41, 5.74) is 1.48. The third-order valence-corrected chi connectivity index (χ3v) is 5.79. The quantitative estimate of drug-likeness (QED) is 0.667. The minimum atomic E-state index is 0.0972. The fraction of sp³-hybridized carbons (Fsp3) is 0.667. The van der Waals surface area contributed by atoms with Crippen LogP contribution in [-0.4, -0.2) is 11.7 Å². The number of rotatable bonds is 4. The van der Waals surface area contributed by atoms with Crippen molar-refractivity contribution in [1.29, 1.82) is 0 Å². The van der Waals surface area contributed by atoms with Gasteiger partial charge in [0.05, 0.1) is 17.1 Å². The van der Waals surface area contributed by atoms with E-state index in [1.165, 1.54) is 44.1 Å². The Morgan fingerprint density at radius 1 is 1.20 bits per heavy atom. The molecule has 1 heterocycles. The van der Waals surface area contributed by atoms with Crippen molar-refractivity contribution in [3.63, 3.8) is 0 Å². The fourth-order valence-electron chi connectivity index (χ4n) is 3.95. The lowest BCUT2D eigenvalue weighted by Crippen LogP contribution is -2.25. The largest absolute Gasteiger partial charge is 0.372 e. The molecule has 110 valence electrons. The van der Waals surface area contributed by atoms with E-state index in [9.17, 15) is 0 Å². The first-order valence-corrected chi connectivity index (χ1v) is 8.49. The smallest absolute Gasteiger partial charge is 0.0687 e. The molecule has 1 aliphatic heterocycles. The topological polar surface area (TPSA) is 9.23 Å². The SMILES string of the molecule is CC(CC1CCC2(CCCC2)O1)C(Cl)c1ccccc1. The zero-order chi connectivity index (χ0) is 14.0. The molecule has 3 unspecified atom stereocenters. The Labute approximate surface area is 127 Å². The number of hydrogen-bond acceptors (Lipinski definition) is 1. The van der Waals surface area contributed by atoms with Crippen LogP contribution in [0, 0.1) is 5.92 Å². The molecule has 2 aliphatic rings. The van der Waals surface area contributed by atoms with Crippen LogP contribution in [0.3, 0.4) is 0 Å². The van der Waals surface area contributed by atoms with Crippen molar-refractivity contribution < 1.29 is 4.74 Å². The molecule has 2 fully saturated rings. The Kier molecular flexibility index (Phi) is 4.37. The molecule has 2 heteroatoms. The molecule has 1 aliphatic carbocycles. The van der Waals surface area contributed by atoms with Crippen LogP contribution >= 0.6 is 11.6 Å². The Morgan fingerprint density at radius 3 is 2.60 bits per heavy atom. The predicted octanol–water partition coefficient (Wildman–Crippen LogP) is 5.48. The van der Waals surface area contributed by atoms with Crippen LogP contribution in [0.1, 0.15) is 62.8 Å². The summed E-state index contributed by atoms with van der Waals surface area (Å²) in [6, 6.07) is 10.4. The minimum Gasteiger partial charge on any atom is -0.372 e. The van der Waals surface area contributed by atoms with E-state index in [1.807, 2.05) is 6.07 Å². The highest BCUT2D eigenvalue weighted by atomic mass is 35.5. The van der Waals surface area contributed by atoms with Gasteiger partial charge in [-0.1, -0.05) is 50.1 Å². The molecule has 1 saturated heterocycles. The lowest BCUT2D eigenvalue weighted by atomic mass is 9.93. The summed E-state index contributed by atoms with van der Waals surface area (Å²) < 4.78 is 6.41. The molecule has 0 radical (unpaired) electrons. The van der Waals surface area contributed by atoms with E-state index >= 15 is 0 Å². The van der Waals surface area contributed by atoms with Crippen LogP contribution in [0.4, 0.5) is 0 Å². The van der Waals surface area contributed by atoms with Gasteiger partial charge in [0.2, 0.25) is 0 Å². The Hall–Kier alpha value is -0.530. The summed E-state index contributed by atoms with van der Waals surface area (Å²) in [6.45, 7) is 2.26. The second-order valence-corrected chi connectivity index (χ2v) is 7.16. The van der Waals surface area contributed by atoms with Crippen molar-refractivity contribution in [1.82, 2.24) is 0 Å². The van der Waals surface area contributed by atoms with Crippen molar-refractivity contribution in [2.75, 3.05) is 0 Å². The average molecular weight is 293 g/mol. The third-order valence-electron chi connectivity index (χ3n) is 5.11. The lowest BCUT2D eigenvalue weighted by Gasteiger charge is -2.26. The van der Waals surface area contributed by atoms with E-state index < -0.39 is 0 Å². The minimum absolute atomic E-state index is 0.0972. The van der Waals surface area contributed by atoms with Gasteiger partial charge in [-0.25, -0.2) is 0 Å². The maximum absolute atomic E-state index is 6.63. The van der Waals surface area contributed by atoms with Gasteiger partial charge in [-0.2, -0.15) is 0 Å². The van der Waals surface area contributed by atoms with Gasteiger partial charge < -0.3 is 4.74 Å². The summed E-state index contributed by atoms with van der Waals surface area (Å²) in [6.07, 6.45) is 9.26. The number of ether oxygens (including phenoxy) is 1. The Balaban J connectivity index is 1.55. The molecule has 0 bridgehead atoms. The van der Waals surface area contributed by atoms with Crippen LogP contribution in [0.15, 0.2) is 30.3 Å². The second-order valence-electron chi connectivity index (χ2n) is 6.69. The first kappa shape index (κ1) is 14.4. The van der Waals surface area contributed by atoms with Crippen molar-refractivity contribution in [2.24, 2.45) is 5.92 Å². The number of hydrogen-bond donors (Lipinski definition) is 0. The molecule has 0 N–H and O–H groups in total. The zero-order valence-corrected chi connectivity index (χ0v) is 13.1. The fourth-order valence-corrected chi connectivity index (χ4v) is 4.20. The molecular formula is C18H25ClO. The molecule has 1 saturated carbocycles. The van der Waals surface area contributed by atoms with Crippen LogP contribution < -0.4 is 0 Å². The van der Waals surface area contributed by atoms with Gasteiger partial charge in [0, 0.05) is 0 Å². The first-order valence-electron chi connectivity index (χ1n) is 8.05. The van der Waals surface area contributed by atoms with Crippen molar-refractivity contribution in [3.05, 3.63) is 35.9 Å². The van der Waals surface area contributed by atoms with E-state index in [-0.39, 0.29) is 11.0 Å². The lowest BCUT2D eigenvalue weighted by molar-refractivity contribution is -0.0436. The summed E-state index contributed by atoms with van der Waals surface area (Å²) in [4.78, 5) is 0. The van der Waals surface area contributed by atoms with E-state index in [2.05, 4.69) is 31.2 Å². The van der Waals surface area contributed by atoms with Crippen LogP contribution in [0.2, 0.25) is 0 Å². The zero-order valence-electron chi connectivity index (χ0n) is 12.4. The standard InChI is InChI=1S/C18H25ClO/c1-14(17(19)15-7-3-2-4-8-15)13-16-9-12-18(20-16)10-5-6-11-18/h2-4,7-8,14,16-17H,5-6,9-13H2,1H3. The average Bonchev–Trinajstić information content (AvgIpc) is 3.09. The van der Waals surface area contributed by atoms with E-state index in [0.29, 0.717) is 12.0 Å². The molecule has 3 rings (SSSR count). The molecule has 1 spiro atoms. The van der Waals surface area contributed by atoms with Crippen LogP contribution in [0.5, 0.6) is 0 Å².